The van der Waals surface area contributed by atoms with E-state index in [1.807, 2.05) is 12.1 Å². The van der Waals surface area contributed by atoms with Gasteiger partial charge in [-0.2, -0.15) is 0 Å². The third kappa shape index (κ3) is 3.88. The van der Waals surface area contributed by atoms with Crippen molar-refractivity contribution in [3.63, 3.8) is 0 Å². The quantitative estimate of drug-likeness (QED) is 0.596. The van der Waals surface area contributed by atoms with Gasteiger partial charge in [0.05, 0.1) is 11.7 Å². The van der Waals surface area contributed by atoms with Crippen LogP contribution in [0.3, 0.4) is 0 Å². The molecule has 0 N–H and O–H groups in total. The van der Waals surface area contributed by atoms with Crippen molar-refractivity contribution in [3.8, 4) is 0 Å². The maximum atomic E-state index is 12.7. The molecule has 128 valence electrons. The lowest BCUT2D eigenvalue weighted by atomic mass is 9.83. The smallest absolute Gasteiger partial charge is 0.336 e. The van der Waals surface area contributed by atoms with Gasteiger partial charge in [0, 0.05) is 29.6 Å². The third-order valence-corrected chi connectivity index (χ3v) is 4.18. The molecule has 1 heterocycles. The lowest BCUT2D eigenvalue weighted by molar-refractivity contribution is -0.143. The molecule has 5 heteroatoms. The number of carbonyl (C=O) groups excluding carboxylic acids is 2. The first-order valence-corrected chi connectivity index (χ1v) is 8.31. The molecule has 1 amide bonds. The highest BCUT2D eigenvalue weighted by atomic mass is 35.5. The number of benzene rings is 1. The normalized spacial score (nSPS) is 18.1. The van der Waals surface area contributed by atoms with Crippen LogP contribution in [0.4, 0.5) is 0 Å². The fourth-order valence-corrected chi connectivity index (χ4v) is 3.11. The number of hydrogen-bond acceptors (Lipinski definition) is 3. The van der Waals surface area contributed by atoms with Gasteiger partial charge in [0.25, 0.3) is 0 Å². The Balaban J connectivity index is 2.53. The maximum Gasteiger partial charge on any atom is 0.336 e. The predicted molar refractivity (Wildman–Crippen MR) is 94.6 cm³/mol. The Morgan fingerprint density at radius 1 is 1.50 bits per heavy atom. The van der Waals surface area contributed by atoms with E-state index >= 15 is 0 Å². The van der Waals surface area contributed by atoms with E-state index in [4.69, 9.17) is 16.3 Å². The van der Waals surface area contributed by atoms with Crippen LogP contribution in [0.2, 0.25) is 5.02 Å². The van der Waals surface area contributed by atoms with E-state index in [0.717, 1.165) is 5.56 Å². The molecule has 4 nitrogen and oxygen atoms in total. The summed E-state index contributed by atoms with van der Waals surface area (Å²) in [4.78, 5) is 26.8. The van der Waals surface area contributed by atoms with E-state index in [0.29, 0.717) is 22.8 Å². The molecule has 0 saturated heterocycles. The van der Waals surface area contributed by atoms with Gasteiger partial charge in [-0.3, -0.25) is 4.79 Å². The Kier molecular flexibility index (Phi) is 5.84. The van der Waals surface area contributed by atoms with E-state index in [2.05, 4.69) is 6.58 Å². The number of ether oxygens (including phenoxy) is 1. The average molecular weight is 348 g/mol. The predicted octanol–water partition coefficient (Wildman–Crippen LogP) is 4.07. The Bertz CT molecular complexity index is 694. The number of hydrogen-bond donors (Lipinski definition) is 0. The number of amides is 1. The molecule has 1 unspecified atom stereocenters. The zero-order valence-electron chi connectivity index (χ0n) is 14.2. The van der Waals surface area contributed by atoms with Gasteiger partial charge in [0.2, 0.25) is 5.91 Å². The Labute approximate surface area is 147 Å². The molecule has 1 atom stereocenters. The van der Waals surface area contributed by atoms with Crippen molar-refractivity contribution in [2.45, 2.75) is 39.2 Å². The number of carbonyl (C=O) groups is 2. The first-order valence-electron chi connectivity index (χ1n) is 7.93. The van der Waals surface area contributed by atoms with Crippen LogP contribution in [0, 0.1) is 0 Å². The summed E-state index contributed by atoms with van der Waals surface area (Å²) < 4.78 is 5.41. The Morgan fingerprint density at radius 2 is 2.21 bits per heavy atom. The topological polar surface area (TPSA) is 46.6 Å². The van der Waals surface area contributed by atoms with Gasteiger partial charge in [0.15, 0.2) is 0 Å². The molecule has 1 aliphatic rings. The van der Waals surface area contributed by atoms with Crippen molar-refractivity contribution < 1.29 is 14.3 Å². The van der Waals surface area contributed by atoms with Crippen LogP contribution in [-0.4, -0.2) is 29.4 Å². The lowest BCUT2D eigenvalue weighted by Crippen LogP contribution is -2.38. The van der Waals surface area contributed by atoms with Gasteiger partial charge in [-0.1, -0.05) is 29.8 Å². The molecule has 0 aromatic heterocycles. The number of rotatable bonds is 5. The lowest BCUT2D eigenvalue weighted by Gasteiger charge is -2.34. The standard InChI is InChI=1S/C19H22ClNO3/c1-5-9-21-13(4)18(19(23)24-12(2)3)16(11-17(21)22)14-7-6-8-15(20)10-14/h5-8,10,12,16H,1,9,11H2,2-4H3. The molecular formula is C19H22ClNO3. The van der Waals surface area contributed by atoms with Crippen molar-refractivity contribution >= 4 is 23.5 Å². The van der Waals surface area contributed by atoms with E-state index in [1.165, 1.54) is 0 Å². The van der Waals surface area contributed by atoms with Crippen molar-refractivity contribution in [2.75, 3.05) is 6.54 Å². The van der Waals surface area contributed by atoms with Crippen LogP contribution < -0.4 is 0 Å². The highest BCUT2D eigenvalue weighted by molar-refractivity contribution is 6.30. The molecule has 24 heavy (non-hydrogen) atoms. The zero-order valence-corrected chi connectivity index (χ0v) is 15.0. The summed E-state index contributed by atoms with van der Waals surface area (Å²) in [6.45, 7) is 9.43. The second-order valence-corrected chi connectivity index (χ2v) is 6.49. The third-order valence-electron chi connectivity index (χ3n) is 3.95. The van der Waals surface area contributed by atoms with Gasteiger partial charge in [0.1, 0.15) is 0 Å². The summed E-state index contributed by atoms with van der Waals surface area (Å²) in [6, 6.07) is 7.25. The summed E-state index contributed by atoms with van der Waals surface area (Å²) in [5.41, 5.74) is 1.96. The fourth-order valence-electron chi connectivity index (χ4n) is 2.91. The zero-order chi connectivity index (χ0) is 17.9. The van der Waals surface area contributed by atoms with E-state index in [-0.39, 0.29) is 24.3 Å². The Hall–Kier alpha value is -2.07. The van der Waals surface area contributed by atoms with Crippen LogP contribution in [0.5, 0.6) is 0 Å². The van der Waals surface area contributed by atoms with Gasteiger partial charge in [-0.05, 0) is 38.5 Å². The molecule has 1 aliphatic heterocycles. The molecule has 0 saturated carbocycles. The van der Waals surface area contributed by atoms with Crippen molar-refractivity contribution in [1.29, 1.82) is 0 Å². The number of halogens is 1. The molecule has 0 spiro atoms. The molecule has 1 aromatic carbocycles. The van der Waals surface area contributed by atoms with Crippen molar-refractivity contribution in [3.05, 3.63) is 58.8 Å². The van der Waals surface area contributed by atoms with E-state index in [1.54, 1.807) is 43.9 Å². The monoisotopic (exact) mass is 347 g/mol. The summed E-state index contributed by atoms with van der Waals surface area (Å²) in [5, 5.41) is 0.572. The first-order chi connectivity index (χ1) is 11.3. The summed E-state index contributed by atoms with van der Waals surface area (Å²) in [6.07, 6.45) is 1.61. The van der Waals surface area contributed by atoms with Crippen LogP contribution in [0.1, 0.15) is 38.7 Å². The number of nitrogens with zero attached hydrogens (tertiary/aromatic N) is 1. The van der Waals surface area contributed by atoms with Crippen LogP contribution in [0.15, 0.2) is 48.2 Å². The molecule has 0 fully saturated rings. The molecule has 2 rings (SSSR count). The molecule has 1 aromatic rings. The minimum Gasteiger partial charge on any atom is -0.460 e. The first kappa shape index (κ1) is 18.3. The van der Waals surface area contributed by atoms with Crippen LogP contribution in [-0.2, 0) is 14.3 Å². The molecule has 0 aliphatic carbocycles. The van der Waals surface area contributed by atoms with Crippen LogP contribution >= 0.6 is 11.6 Å². The van der Waals surface area contributed by atoms with Crippen LogP contribution in [0.25, 0.3) is 0 Å². The SMILES string of the molecule is C=CCN1C(=O)CC(c2cccc(Cl)c2)C(C(=O)OC(C)C)=C1C. The van der Waals surface area contributed by atoms with Gasteiger partial charge in [-0.15, -0.1) is 6.58 Å². The summed E-state index contributed by atoms with van der Waals surface area (Å²) >= 11 is 6.09. The number of esters is 1. The molecule has 0 radical (unpaired) electrons. The van der Waals surface area contributed by atoms with E-state index in [9.17, 15) is 9.59 Å². The second kappa shape index (κ2) is 7.67. The molecular weight excluding hydrogens is 326 g/mol. The fraction of sp³-hybridized carbons (Fsp3) is 0.368. The Morgan fingerprint density at radius 3 is 2.79 bits per heavy atom. The highest BCUT2D eigenvalue weighted by Crippen LogP contribution is 2.37. The van der Waals surface area contributed by atoms with Gasteiger partial charge < -0.3 is 9.64 Å². The summed E-state index contributed by atoms with van der Waals surface area (Å²) in [5.74, 6) is -0.795. The maximum absolute atomic E-state index is 12.7. The average Bonchev–Trinajstić information content (AvgIpc) is 2.50. The largest absolute Gasteiger partial charge is 0.460 e. The van der Waals surface area contributed by atoms with E-state index < -0.39 is 5.97 Å². The minimum atomic E-state index is -0.394. The second-order valence-electron chi connectivity index (χ2n) is 6.06. The van der Waals surface area contributed by atoms with Gasteiger partial charge in [-0.25, -0.2) is 4.79 Å². The van der Waals surface area contributed by atoms with Crippen molar-refractivity contribution in [2.24, 2.45) is 0 Å². The minimum absolute atomic E-state index is 0.0431. The summed E-state index contributed by atoms with van der Waals surface area (Å²) in [7, 11) is 0. The van der Waals surface area contributed by atoms with Gasteiger partial charge >= 0.3 is 5.97 Å². The number of allylic oxidation sites excluding steroid dienone is 1. The highest BCUT2D eigenvalue weighted by Gasteiger charge is 2.36. The van der Waals surface area contributed by atoms with Crippen molar-refractivity contribution in [1.82, 2.24) is 4.90 Å². The molecule has 0 bridgehead atoms.